The van der Waals surface area contributed by atoms with E-state index in [0.29, 0.717) is 37.9 Å². The molecule has 220 valence electrons. The van der Waals surface area contributed by atoms with Gasteiger partial charge in [-0.1, -0.05) is 81.0 Å². The van der Waals surface area contributed by atoms with Crippen molar-refractivity contribution in [2.45, 2.75) is 90.1 Å². The third-order valence-electron chi connectivity index (χ3n) is 7.88. The van der Waals surface area contributed by atoms with Crippen LogP contribution in [0.4, 0.5) is 17.6 Å². The molecular weight excluding hydrogens is 532 g/mol. The second kappa shape index (κ2) is 14.5. The number of carbonyl (C=O) groups excluding carboxylic acids is 1. The molecule has 0 aromatic heterocycles. The lowest BCUT2D eigenvalue weighted by Gasteiger charge is -2.29. The minimum Gasteiger partial charge on any atom is -0.490 e. The first-order chi connectivity index (χ1) is 19.8. The summed E-state index contributed by atoms with van der Waals surface area (Å²) in [6.45, 7) is 4.40. The zero-order chi connectivity index (χ0) is 29.4. The lowest BCUT2D eigenvalue weighted by Crippen LogP contribution is -2.25. The molecule has 1 aliphatic rings. The van der Waals surface area contributed by atoms with Gasteiger partial charge in [0.05, 0.1) is 12.2 Å². The van der Waals surface area contributed by atoms with Gasteiger partial charge in [0, 0.05) is 5.56 Å². The Kier molecular flexibility index (Phi) is 10.8. The number of rotatable bonds is 12. The zero-order valence-electron chi connectivity index (χ0n) is 23.8. The number of esters is 1. The Morgan fingerprint density at radius 3 is 2.15 bits per heavy atom. The van der Waals surface area contributed by atoms with Crippen LogP contribution in [-0.2, 0) is 4.74 Å². The Hall–Kier alpha value is -3.35. The summed E-state index contributed by atoms with van der Waals surface area (Å²) in [5, 5.41) is 0. The lowest BCUT2D eigenvalue weighted by atomic mass is 9.82. The molecule has 0 unspecified atom stereocenters. The highest BCUT2D eigenvalue weighted by atomic mass is 19.2. The molecular formula is C34H38F4O3. The number of hydrogen-bond acceptors (Lipinski definition) is 3. The highest BCUT2D eigenvalue weighted by Gasteiger charge is 2.30. The number of ether oxygens (including phenoxy) is 2. The molecule has 0 amide bonds. The van der Waals surface area contributed by atoms with E-state index in [1.165, 1.54) is 37.5 Å². The van der Waals surface area contributed by atoms with Crippen LogP contribution in [0.3, 0.4) is 0 Å². The topological polar surface area (TPSA) is 35.5 Å². The quantitative estimate of drug-likeness (QED) is 0.124. The van der Waals surface area contributed by atoms with Gasteiger partial charge in [-0.25, -0.2) is 18.0 Å². The predicted octanol–water partition coefficient (Wildman–Crippen LogP) is 9.84. The fourth-order valence-electron chi connectivity index (χ4n) is 5.41. The monoisotopic (exact) mass is 570 g/mol. The molecule has 0 saturated heterocycles. The van der Waals surface area contributed by atoms with Gasteiger partial charge in [-0.15, -0.1) is 0 Å². The Balaban J connectivity index is 1.30. The van der Waals surface area contributed by atoms with E-state index in [4.69, 9.17) is 9.47 Å². The minimum atomic E-state index is -1.25. The van der Waals surface area contributed by atoms with Gasteiger partial charge in [0.15, 0.2) is 23.2 Å². The van der Waals surface area contributed by atoms with Gasteiger partial charge >= 0.3 is 5.97 Å². The molecule has 3 aromatic carbocycles. The molecule has 0 N–H and O–H groups in total. The van der Waals surface area contributed by atoms with Crippen LogP contribution in [0.1, 0.15) is 98.5 Å². The summed E-state index contributed by atoms with van der Waals surface area (Å²) in [6.07, 6.45) is 7.66. The fourth-order valence-corrected chi connectivity index (χ4v) is 5.41. The van der Waals surface area contributed by atoms with E-state index in [9.17, 15) is 22.4 Å². The Bertz CT molecular complexity index is 1310. The van der Waals surface area contributed by atoms with E-state index in [1.54, 1.807) is 30.3 Å². The molecule has 7 heteroatoms. The van der Waals surface area contributed by atoms with E-state index < -0.39 is 40.9 Å². The van der Waals surface area contributed by atoms with Crippen molar-refractivity contribution in [2.24, 2.45) is 0 Å². The van der Waals surface area contributed by atoms with Crippen molar-refractivity contribution in [1.82, 2.24) is 0 Å². The van der Waals surface area contributed by atoms with E-state index in [2.05, 4.69) is 6.92 Å². The van der Waals surface area contributed by atoms with Crippen molar-refractivity contribution in [3.63, 3.8) is 0 Å². The molecule has 4 rings (SSSR count). The average Bonchev–Trinajstić information content (AvgIpc) is 2.97. The molecule has 1 aliphatic carbocycles. The summed E-state index contributed by atoms with van der Waals surface area (Å²) in [5.41, 5.74) is 1.37. The van der Waals surface area contributed by atoms with Crippen molar-refractivity contribution in [2.75, 3.05) is 6.61 Å². The predicted molar refractivity (Wildman–Crippen MR) is 152 cm³/mol. The second-order valence-electron chi connectivity index (χ2n) is 10.9. The number of benzene rings is 3. The van der Waals surface area contributed by atoms with Crippen LogP contribution in [0.15, 0.2) is 48.5 Å². The largest absolute Gasteiger partial charge is 0.490 e. The van der Waals surface area contributed by atoms with Gasteiger partial charge in [-0.05, 0) is 68.2 Å². The molecule has 3 aromatic rings. The smallest absolute Gasteiger partial charge is 0.341 e. The maximum atomic E-state index is 14.9. The molecule has 0 atom stereocenters. The van der Waals surface area contributed by atoms with Crippen LogP contribution in [0.2, 0.25) is 0 Å². The maximum Gasteiger partial charge on any atom is 0.341 e. The Labute approximate surface area is 239 Å². The number of hydrogen-bond donors (Lipinski definition) is 0. The van der Waals surface area contributed by atoms with Crippen molar-refractivity contribution in [1.29, 1.82) is 0 Å². The summed E-state index contributed by atoms with van der Waals surface area (Å²) < 4.78 is 70.3. The van der Waals surface area contributed by atoms with E-state index in [0.717, 1.165) is 24.8 Å². The Morgan fingerprint density at radius 1 is 0.756 bits per heavy atom. The zero-order valence-corrected chi connectivity index (χ0v) is 23.8. The molecule has 0 radical (unpaired) electrons. The molecule has 3 nitrogen and oxygen atoms in total. The second-order valence-corrected chi connectivity index (χ2v) is 10.9. The van der Waals surface area contributed by atoms with Gasteiger partial charge in [0.25, 0.3) is 0 Å². The standard InChI is InChI=1S/C34H38F4O3/c1-3-4-5-6-7-8-21-40-29-20-19-27(31(36)33(29)38)24-13-15-25(16-14-24)41-34(39)28-18-17-26(30(35)32(28)37)23-11-9-22(2)10-12-23/h9-12,17-20,24-25H,3-8,13-16,21H2,1-2H3. The van der Waals surface area contributed by atoms with Crippen LogP contribution in [0.25, 0.3) is 11.1 Å². The molecule has 41 heavy (non-hydrogen) atoms. The van der Waals surface area contributed by atoms with Crippen LogP contribution in [0, 0.1) is 30.2 Å². The van der Waals surface area contributed by atoms with E-state index >= 15 is 0 Å². The van der Waals surface area contributed by atoms with Crippen molar-refractivity contribution >= 4 is 5.97 Å². The van der Waals surface area contributed by atoms with Gasteiger partial charge in [-0.2, -0.15) is 4.39 Å². The Morgan fingerprint density at radius 2 is 1.44 bits per heavy atom. The SMILES string of the molecule is CCCCCCCCOc1ccc(C2CCC(OC(=O)c3ccc(-c4ccc(C)cc4)c(F)c3F)CC2)c(F)c1F. The molecule has 0 heterocycles. The molecule has 0 spiro atoms. The van der Waals surface area contributed by atoms with Crippen molar-refractivity contribution in [3.8, 4) is 16.9 Å². The maximum absolute atomic E-state index is 14.9. The summed E-state index contributed by atoms with van der Waals surface area (Å²) in [7, 11) is 0. The first-order valence-electron chi connectivity index (χ1n) is 14.7. The van der Waals surface area contributed by atoms with Gasteiger partial charge in [0.1, 0.15) is 6.10 Å². The summed E-state index contributed by atoms with van der Waals surface area (Å²) in [4.78, 5) is 12.7. The molecule has 1 fully saturated rings. The highest BCUT2D eigenvalue weighted by molar-refractivity contribution is 5.90. The van der Waals surface area contributed by atoms with E-state index in [-0.39, 0.29) is 22.8 Å². The van der Waals surface area contributed by atoms with Gasteiger partial charge in [0.2, 0.25) is 5.82 Å². The third kappa shape index (κ3) is 7.69. The minimum absolute atomic E-state index is 0.0626. The van der Waals surface area contributed by atoms with Crippen LogP contribution in [0.5, 0.6) is 5.75 Å². The molecule has 0 bridgehead atoms. The summed E-state index contributed by atoms with van der Waals surface area (Å²) >= 11 is 0. The first kappa shape index (κ1) is 30.6. The van der Waals surface area contributed by atoms with E-state index in [1.807, 2.05) is 6.92 Å². The number of unbranched alkanes of at least 4 members (excludes halogenated alkanes) is 5. The highest BCUT2D eigenvalue weighted by Crippen LogP contribution is 2.38. The summed E-state index contributed by atoms with van der Waals surface area (Å²) in [5.74, 6) is -5.50. The number of aryl methyl sites for hydroxylation is 1. The molecule has 0 aliphatic heterocycles. The average molecular weight is 571 g/mol. The van der Waals surface area contributed by atoms with Crippen molar-refractivity contribution < 1.29 is 31.8 Å². The first-order valence-corrected chi connectivity index (χ1v) is 14.7. The normalized spacial score (nSPS) is 16.9. The number of halogens is 4. The number of carbonyl (C=O) groups is 1. The summed E-state index contributed by atoms with van der Waals surface area (Å²) in [6, 6.07) is 12.6. The van der Waals surface area contributed by atoms with Crippen LogP contribution in [-0.4, -0.2) is 18.7 Å². The van der Waals surface area contributed by atoms with Gasteiger partial charge < -0.3 is 9.47 Å². The lowest BCUT2D eigenvalue weighted by molar-refractivity contribution is 0.0188. The van der Waals surface area contributed by atoms with Gasteiger partial charge in [-0.3, -0.25) is 0 Å². The fraction of sp³-hybridized carbons (Fsp3) is 0.441. The van der Waals surface area contributed by atoms with Crippen LogP contribution >= 0.6 is 0 Å². The molecule has 1 saturated carbocycles. The van der Waals surface area contributed by atoms with Crippen molar-refractivity contribution in [3.05, 3.63) is 88.5 Å². The third-order valence-corrected chi connectivity index (χ3v) is 7.88. The van der Waals surface area contributed by atoms with Crippen LogP contribution < -0.4 is 4.74 Å².